The predicted octanol–water partition coefficient (Wildman–Crippen LogP) is 3.80. The number of carbonyl (C=O) groups excluding carboxylic acids is 3. The number of carboxylic acid groups (broad SMARTS) is 1. The number of nitrogens with one attached hydrogen (secondary N) is 1. The highest BCUT2D eigenvalue weighted by atomic mass is 16.5. The Labute approximate surface area is 209 Å². The first-order valence-electron chi connectivity index (χ1n) is 11.3. The van der Waals surface area contributed by atoms with Crippen molar-refractivity contribution in [3.8, 4) is 5.75 Å². The van der Waals surface area contributed by atoms with Crippen molar-refractivity contribution in [2.24, 2.45) is 5.41 Å². The average Bonchev–Trinajstić information content (AvgIpc) is 2.83. The van der Waals surface area contributed by atoms with Gasteiger partial charge in [-0.1, -0.05) is 42.5 Å². The predicted molar refractivity (Wildman–Crippen MR) is 131 cm³/mol. The van der Waals surface area contributed by atoms with Crippen molar-refractivity contribution in [3.63, 3.8) is 0 Å². The molecular formula is C27H28N2O7. The Kier molecular flexibility index (Phi) is 8.26. The quantitative estimate of drug-likeness (QED) is 0.357. The standard InChI is InChI=1S/C27H28N2O7/c1-27(2,3)25(33)36-22-11-9-18(10-12-22)13-20-14-21(16-29(15-20)23(30)24(31)32)28-26(34)35-17-19-7-5-4-6-8-19/h4-12,14-15H,13,16-17H2,1-3H3,(H,28,34)(H,31,32). The van der Waals surface area contributed by atoms with Gasteiger partial charge in [0.2, 0.25) is 0 Å². The SMILES string of the molecule is CC(C)(C)C(=O)Oc1ccc(CC2=CN(C(=O)C(=O)O)CC(NC(=O)OCc3ccccc3)=C2)cc1. The molecule has 0 aromatic heterocycles. The minimum absolute atomic E-state index is 0.0621. The van der Waals surface area contributed by atoms with Crippen molar-refractivity contribution >= 4 is 23.9 Å². The lowest BCUT2D eigenvalue weighted by molar-refractivity contribution is -0.154. The van der Waals surface area contributed by atoms with E-state index in [-0.39, 0.29) is 19.1 Å². The molecule has 0 atom stereocenters. The minimum atomic E-state index is -1.61. The summed E-state index contributed by atoms with van der Waals surface area (Å²) in [6, 6.07) is 16.0. The van der Waals surface area contributed by atoms with Crippen LogP contribution in [0, 0.1) is 5.41 Å². The Bertz CT molecular complexity index is 1190. The number of allylic oxidation sites excluding steroid dienone is 2. The van der Waals surface area contributed by atoms with Crippen LogP contribution in [0.25, 0.3) is 0 Å². The van der Waals surface area contributed by atoms with Crippen LogP contribution in [-0.4, -0.2) is 40.5 Å². The van der Waals surface area contributed by atoms with Crippen molar-refractivity contribution < 1.29 is 33.8 Å². The maximum absolute atomic E-state index is 12.3. The molecule has 0 unspecified atom stereocenters. The summed E-state index contributed by atoms with van der Waals surface area (Å²) < 4.78 is 10.6. The molecule has 2 aromatic rings. The molecule has 2 N–H and O–H groups in total. The Morgan fingerprint density at radius 3 is 2.25 bits per heavy atom. The van der Waals surface area contributed by atoms with Crippen LogP contribution in [0.3, 0.4) is 0 Å². The van der Waals surface area contributed by atoms with Crippen molar-refractivity contribution in [3.05, 3.63) is 89.3 Å². The van der Waals surface area contributed by atoms with Crippen LogP contribution in [0.5, 0.6) is 5.75 Å². The molecule has 3 rings (SSSR count). The van der Waals surface area contributed by atoms with Gasteiger partial charge in [0.25, 0.3) is 0 Å². The number of esters is 1. The van der Waals surface area contributed by atoms with Crippen LogP contribution in [0.1, 0.15) is 31.9 Å². The summed E-state index contributed by atoms with van der Waals surface area (Å²) >= 11 is 0. The van der Waals surface area contributed by atoms with Gasteiger partial charge in [-0.25, -0.2) is 9.59 Å². The topological polar surface area (TPSA) is 122 Å². The normalized spacial score (nSPS) is 13.2. The fraction of sp³-hybridized carbons (Fsp3) is 0.259. The van der Waals surface area contributed by atoms with Crippen LogP contribution in [0.4, 0.5) is 4.79 Å². The van der Waals surface area contributed by atoms with Crippen LogP contribution in [-0.2, 0) is 32.1 Å². The molecule has 0 bridgehead atoms. The third kappa shape index (κ3) is 7.56. The third-order valence-corrected chi connectivity index (χ3v) is 5.10. The highest BCUT2D eigenvalue weighted by molar-refractivity contribution is 6.31. The van der Waals surface area contributed by atoms with E-state index in [2.05, 4.69) is 5.32 Å². The molecule has 188 valence electrons. The molecule has 0 aliphatic carbocycles. The number of carbonyl (C=O) groups is 4. The fourth-order valence-corrected chi connectivity index (χ4v) is 3.22. The number of hydrogen-bond acceptors (Lipinski definition) is 6. The first-order valence-corrected chi connectivity index (χ1v) is 11.3. The number of hydrogen-bond donors (Lipinski definition) is 2. The van der Waals surface area contributed by atoms with E-state index in [1.165, 1.54) is 6.20 Å². The molecule has 9 heteroatoms. The maximum atomic E-state index is 12.3. The zero-order valence-corrected chi connectivity index (χ0v) is 20.3. The lowest BCUT2D eigenvalue weighted by atomic mass is 9.97. The van der Waals surface area contributed by atoms with Gasteiger partial charge in [-0.05, 0) is 62.1 Å². The van der Waals surface area contributed by atoms with E-state index in [1.54, 1.807) is 51.1 Å². The van der Waals surface area contributed by atoms with Gasteiger partial charge in [-0.2, -0.15) is 0 Å². The second-order valence-electron chi connectivity index (χ2n) is 9.26. The number of aliphatic carboxylic acids is 1. The number of alkyl carbamates (subject to hydrolysis) is 1. The van der Waals surface area contributed by atoms with Gasteiger partial charge in [-0.3, -0.25) is 14.9 Å². The highest BCUT2D eigenvalue weighted by Gasteiger charge is 2.25. The molecule has 1 aliphatic heterocycles. The number of amides is 2. The lowest BCUT2D eigenvalue weighted by Gasteiger charge is -2.24. The van der Waals surface area contributed by atoms with Crippen molar-refractivity contribution in [1.29, 1.82) is 0 Å². The van der Waals surface area contributed by atoms with Gasteiger partial charge in [0.1, 0.15) is 12.4 Å². The zero-order valence-electron chi connectivity index (χ0n) is 20.3. The van der Waals surface area contributed by atoms with E-state index < -0.39 is 23.4 Å². The summed E-state index contributed by atoms with van der Waals surface area (Å²) in [5, 5.41) is 11.7. The van der Waals surface area contributed by atoms with E-state index in [1.807, 2.05) is 30.3 Å². The highest BCUT2D eigenvalue weighted by Crippen LogP contribution is 2.22. The molecule has 0 spiro atoms. The molecule has 2 amide bonds. The molecule has 0 radical (unpaired) electrons. The summed E-state index contributed by atoms with van der Waals surface area (Å²) in [6.07, 6.45) is 2.72. The smallest absolute Gasteiger partial charge is 0.411 e. The van der Waals surface area contributed by atoms with Crippen LogP contribution < -0.4 is 10.1 Å². The Hall–Kier alpha value is -4.40. The van der Waals surface area contributed by atoms with E-state index in [4.69, 9.17) is 14.6 Å². The van der Waals surface area contributed by atoms with Gasteiger partial charge in [0, 0.05) is 11.9 Å². The van der Waals surface area contributed by atoms with E-state index in [9.17, 15) is 19.2 Å². The first kappa shape index (κ1) is 26.2. The van der Waals surface area contributed by atoms with E-state index >= 15 is 0 Å². The molecule has 0 saturated carbocycles. The second-order valence-corrected chi connectivity index (χ2v) is 9.26. The Morgan fingerprint density at radius 2 is 1.64 bits per heavy atom. The Morgan fingerprint density at radius 1 is 0.972 bits per heavy atom. The maximum Gasteiger partial charge on any atom is 0.411 e. The van der Waals surface area contributed by atoms with E-state index in [0.29, 0.717) is 23.4 Å². The number of rotatable bonds is 6. The number of benzene rings is 2. The Balaban J connectivity index is 1.70. The average molecular weight is 493 g/mol. The summed E-state index contributed by atoms with van der Waals surface area (Å²) in [7, 11) is 0. The molecule has 1 aliphatic rings. The minimum Gasteiger partial charge on any atom is -0.474 e. The van der Waals surface area contributed by atoms with Crippen LogP contribution >= 0.6 is 0 Å². The molecule has 36 heavy (non-hydrogen) atoms. The van der Waals surface area contributed by atoms with Gasteiger partial charge < -0.3 is 19.5 Å². The molecule has 9 nitrogen and oxygen atoms in total. The van der Waals surface area contributed by atoms with Crippen molar-refractivity contribution in [1.82, 2.24) is 10.2 Å². The molecule has 0 saturated heterocycles. The van der Waals surface area contributed by atoms with Crippen LogP contribution in [0.15, 0.2) is 78.1 Å². The summed E-state index contributed by atoms with van der Waals surface area (Å²) in [4.78, 5) is 48.8. The second kappa shape index (κ2) is 11.4. The van der Waals surface area contributed by atoms with Gasteiger partial charge in [0.15, 0.2) is 0 Å². The zero-order chi connectivity index (χ0) is 26.3. The summed E-state index contributed by atoms with van der Waals surface area (Å²) in [5.41, 5.74) is 1.90. The molecular weight excluding hydrogens is 464 g/mol. The van der Waals surface area contributed by atoms with Gasteiger partial charge >= 0.3 is 23.9 Å². The molecule has 0 fully saturated rings. The first-order chi connectivity index (χ1) is 17.0. The third-order valence-electron chi connectivity index (χ3n) is 5.10. The molecule has 2 aromatic carbocycles. The van der Waals surface area contributed by atoms with Crippen molar-refractivity contribution in [2.45, 2.75) is 33.8 Å². The van der Waals surface area contributed by atoms with E-state index in [0.717, 1.165) is 16.0 Å². The van der Waals surface area contributed by atoms with Gasteiger partial charge in [0.05, 0.1) is 12.0 Å². The van der Waals surface area contributed by atoms with Crippen LogP contribution in [0.2, 0.25) is 0 Å². The fourth-order valence-electron chi connectivity index (χ4n) is 3.22. The number of ether oxygens (including phenoxy) is 2. The number of carboxylic acids is 1. The monoisotopic (exact) mass is 492 g/mol. The van der Waals surface area contributed by atoms with Crippen molar-refractivity contribution in [2.75, 3.05) is 6.54 Å². The number of nitrogens with zero attached hydrogens (tertiary/aromatic N) is 1. The summed E-state index contributed by atoms with van der Waals surface area (Å²) in [6.45, 7) is 5.22. The molecule has 1 heterocycles. The van der Waals surface area contributed by atoms with Gasteiger partial charge in [-0.15, -0.1) is 0 Å². The largest absolute Gasteiger partial charge is 0.474 e. The summed E-state index contributed by atoms with van der Waals surface area (Å²) in [5.74, 6) is -2.69. The lowest BCUT2D eigenvalue weighted by Crippen LogP contribution is -2.39.